The molecule has 2 aromatic carbocycles. The Morgan fingerprint density at radius 2 is 1.61 bits per heavy atom. The Labute approximate surface area is 195 Å². The van der Waals surface area contributed by atoms with E-state index in [0.29, 0.717) is 26.2 Å². The Morgan fingerprint density at radius 3 is 2.30 bits per heavy atom. The van der Waals surface area contributed by atoms with E-state index in [1.165, 1.54) is 10.7 Å². The van der Waals surface area contributed by atoms with Crippen molar-refractivity contribution < 1.29 is 18.0 Å². The zero-order chi connectivity index (χ0) is 23.4. The zero-order valence-electron chi connectivity index (χ0n) is 19.0. The molecule has 4 rings (SSSR count). The van der Waals surface area contributed by atoms with Crippen molar-refractivity contribution in [1.82, 2.24) is 19.8 Å². The highest BCUT2D eigenvalue weighted by atomic mass is 32.2. The Bertz CT molecular complexity index is 1110. The molecule has 1 unspecified atom stereocenters. The molecule has 1 saturated heterocycles. The minimum Gasteiger partial charge on any atom is -0.335 e. The minimum atomic E-state index is -3.62. The first-order valence-electron chi connectivity index (χ1n) is 11.7. The fourth-order valence-electron chi connectivity index (χ4n) is 4.66. The molecule has 0 bridgehead atoms. The van der Waals surface area contributed by atoms with Gasteiger partial charge in [-0.05, 0) is 42.7 Å². The van der Waals surface area contributed by atoms with Crippen LogP contribution in [0.5, 0.6) is 0 Å². The maximum atomic E-state index is 13.2. The average molecular weight is 473 g/mol. The second-order valence-electron chi connectivity index (χ2n) is 8.92. The fraction of sp³-hybridized carbons (Fsp3) is 0.500. The van der Waals surface area contributed by atoms with Gasteiger partial charge < -0.3 is 5.32 Å². The molecule has 2 fully saturated rings. The number of nitrogens with one attached hydrogen (secondary N) is 2. The highest BCUT2D eigenvalue weighted by molar-refractivity contribution is 7.89. The number of imide groups is 1. The van der Waals surface area contributed by atoms with E-state index >= 15 is 0 Å². The van der Waals surface area contributed by atoms with Crippen LogP contribution in [0.1, 0.15) is 39.0 Å². The van der Waals surface area contributed by atoms with Gasteiger partial charge in [-0.3, -0.25) is 15.0 Å². The van der Waals surface area contributed by atoms with Crippen molar-refractivity contribution >= 4 is 32.7 Å². The molecule has 1 heterocycles. The van der Waals surface area contributed by atoms with Crippen molar-refractivity contribution in [1.29, 1.82) is 0 Å². The van der Waals surface area contributed by atoms with Gasteiger partial charge in [-0.1, -0.05) is 49.6 Å². The highest BCUT2D eigenvalue weighted by Crippen LogP contribution is 2.23. The molecule has 1 aliphatic heterocycles. The molecular weight excluding hydrogens is 440 g/mol. The lowest BCUT2D eigenvalue weighted by Gasteiger charge is -2.36. The van der Waals surface area contributed by atoms with Crippen LogP contribution >= 0.6 is 0 Å². The third kappa shape index (κ3) is 5.54. The van der Waals surface area contributed by atoms with Gasteiger partial charge in [0, 0.05) is 32.2 Å². The Hall–Kier alpha value is -2.49. The number of carbonyl (C=O) groups is 2. The van der Waals surface area contributed by atoms with E-state index in [1.807, 2.05) is 35.2 Å². The third-order valence-corrected chi connectivity index (χ3v) is 8.63. The lowest BCUT2D eigenvalue weighted by atomic mass is 9.96. The maximum Gasteiger partial charge on any atom is 0.321 e. The number of fused-ring (bicyclic) bond motifs is 1. The Morgan fingerprint density at radius 1 is 0.939 bits per heavy atom. The van der Waals surface area contributed by atoms with Gasteiger partial charge in [0.15, 0.2) is 0 Å². The Kier molecular flexibility index (Phi) is 7.31. The summed E-state index contributed by atoms with van der Waals surface area (Å²) in [5, 5.41) is 7.21. The van der Waals surface area contributed by atoms with E-state index in [1.54, 1.807) is 19.1 Å². The number of urea groups is 1. The summed E-state index contributed by atoms with van der Waals surface area (Å²) in [6.45, 7) is 3.18. The van der Waals surface area contributed by atoms with Crippen LogP contribution in [0.4, 0.5) is 4.79 Å². The van der Waals surface area contributed by atoms with Gasteiger partial charge in [-0.25, -0.2) is 13.2 Å². The molecule has 0 radical (unpaired) electrons. The van der Waals surface area contributed by atoms with E-state index < -0.39 is 22.1 Å². The molecule has 33 heavy (non-hydrogen) atoms. The van der Waals surface area contributed by atoms with Crippen LogP contribution in [-0.4, -0.2) is 67.8 Å². The molecule has 1 atom stereocenters. The van der Waals surface area contributed by atoms with Crippen molar-refractivity contribution in [3.63, 3.8) is 0 Å². The summed E-state index contributed by atoms with van der Waals surface area (Å²) in [5.41, 5.74) is 0. The van der Waals surface area contributed by atoms with Crippen molar-refractivity contribution in [3.05, 3.63) is 42.5 Å². The van der Waals surface area contributed by atoms with Crippen molar-refractivity contribution in [2.75, 3.05) is 26.2 Å². The lowest BCUT2D eigenvalue weighted by Crippen LogP contribution is -2.56. The maximum absolute atomic E-state index is 13.2. The summed E-state index contributed by atoms with van der Waals surface area (Å²) in [6.07, 6.45) is 5.29. The summed E-state index contributed by atoms with van der Waals surface area (Å²) in [4.78, 5) is 27.0. The molecular formula is C24H32N4O4S. The quantitative estimate of drug-likeness (QED) is 0.697. The van der Waals surface area contributed by atoms with Crippen LogP contribution in [0, 0.1) is 0 Å². The molecule has 0 spiro atoms. The van der Waals surface area contributed by atoms with Gasteiger partial charge in [-0.15, -0.1) is 0 Å². The Balaban J connectivity index is 1.31. The number of nitrogens with zero attached hydrogens (tertiary/aromatic N) is 2. The number of hydrogen-bond donors (Lipinski definition) is 2. The van der Waals surface area contributed by atoms with Gasteiger partial charge in [0.25, 0.3) is 0 Å². The molecule has 2 N–H and O–H groups in total. The number of sulfonamides is 1. The molecule has 178 valence electrons. The lowest BCUT2D eigenvalue weighted by molar-refractivity contribution is -0.125. The third-order valence-electron chi connectivity index (χ3n) is 6.74. The molecule has 0 aromatic heterocycles. The van der Waals surface area contributed by atoms with E-state index in [0.717, 1.165) is 36.5 Å². The van der Waals surface area contributed by atoms with Crippen molar-refractivity contribution in [2.24, 2.45) is 0 Å². The molecule has 1 saturated carbocycles. The number of carbonyl (C=O) groups excluding carboxylic acids is 2. The van der Waals surface area contributed by atoms with Gasteiger partial charge in [0.1, 0.15) is 0 Å². The summed E-state index contributed by atoms with van der Waals surface area (Å²) < 4.78 is 27.8. The number of rotatable bonds is 5. The largest absolute Gasteiger partial charge is 0.335 e. The highest BCUT2D eigenvalue weighted by Gasteiger charge is 2.32. The molecule has 2 aromatic rings. The monoisotopic (exact) mass is 472 g/mol. The van der Waals surface area contributed by atoms with Crippen LogP contribution in [0.2, 0.25) is 0 Å². The zero-order valence-corrected chi connectivity index (χ0v) is 19.8. The summed E-state index contributed by atoms with van der Waals surface area (Å²) in [7, 11) is -3.62. The molecule has 3 amide bonds. The standard InChI is InChI=1S/C24H32N4O4S/c1-18(23(29)26-24(30)25-21-9-3-2-4-10-21)27-13-15-28(16-14-27)33(31,32)22-12-11-19-7-5-6-8-20(19)17-22/h5-8,11-12,17-18,21H,2-4,9-10,13-16H2,1H3,(H2,25,26,29,30). The summed E-state index contributed by atoms with van der Waals surface area (Å²) >= 11 is 0. The summed E-state index contributed by atoms with van der Waals surface area (Å²) in [5.74, 6) is -0.367. The van der Waals surface area contributed by atoms with Gasteiger partial charge in [-0.2, -0.15) is 4.31 Å². The molecule has 1 aliphatic carbocycles. The second kappa shape index (κ2) is 10.2. The number of piperazine rings is 1. The van der Waals surface area contributed by atoms with Crippen LogP contribution in [0.15, 0.2) is 47.4 Å². The van der Waals surface area contributed by atoms with Crippen LogP contribution in [0.25, 0.3) is 10.8 Å². The first-order chi connectivity index (χ1) is 15.8. The smallest absolute Gasteiger partial charge is 0.321 e. The minimum absolute atomic E-state index is 0.130. The van der Waals surface area contributed by atoms with Crippen LogP contribution in [-0.2, 0) is 14.8 Å². The predicted octanol–water partition coefficient (Wildman–Crippen LogP) is 2.69. The molecule has 2 aliphatic rings. The first-order valence-corrected chi connectivity index (χ1v) is 13.1. The van der Waals surface area contributed by atoms with Gasteiger partial charge >= 0.3 is 6.03 Å². The summed E-state index contributed by atoms with van der Waals surface area (Å²) in [6, 6.07) is 12.0. The van der Waals surface area contributed by atoms with Gasteiger partial charge in [0.2, 0.25) is 15.9 Å². The number of amides is 3. The predicted molar refractivity (Wildman–Crippen MR) is 127 cm³/mol. The van der Waals surface area contributed by atoms with Crippen molar-refractivity contribution in [3.8, 4) is 0 Å². The first kappa shape index (κ1) is 23.7. The SMILES string of the molecule is CC(C(=O)NC(=O)NC1CCCCC1)N1CCN(S(=O)(=O)c2ccc3ccccc3c2)CC1. The van der Waals surface area contributed by atoms with E-state index in [9.17, 15) is 18.0 Å². The fourth-order valence-corrected chi connectivity index (χ4v) is 6.12. The topological polar surface area (TPSA) is 98.8 Å². The average Bonchev–Trinajstić information content (AvgIpc) is 2.83. The van der Waals surface area contributed by atoms with Gasteiger partial charge in [0.05, 0.1) is 10.9 Å². The van der Waals surface area contributed by atoms with Crippen LogP contribution < -0.4 is 10.6 Å². The molecule has 8 nitrogen and oxygen atoms in total. The van der Waals surface area contributed by atoms with E-state index in [-0.39, 0.29) is 16.8 Å². The van der Waals surface area contributed by atoms with Crippen LogP contribution in [0.3, 0.4) is 0 Å². The van der Waals surface area contributed by atoms with E-state index in [2.05, 4.69) is 10.6 Å². The van der Waals surface area contributed by atoms with Crippen molar-refractivity contribution in [2.45, 2.75) is 56.0 Å². The number of benzene rings is 2. The number of hydrogen-bond acceptors (Lipinski definition) is 5. The second-order valence-corrected chi connectivity index (χ2v) is 10.9. The molecule has 9 heteroatoms. The van der Waals surface area contributed by atoms with E-state index in [4.69, 9.17) is 0 Å². The normalized spacial score (nSPS) is 19.8.